The van der Waals surface area contributed by atoms with Gasteiger partial charge in [0.2, 0.25) is 0 Å². The number of ether oxygens (including phenoxy) is 1. The van der Waals surface area contributed by atoms with Gasteiger partial charge < -0.3 is 9.84 Å². The SMILES string of the molecule is COc1cc([N+](=O)[O-])cc(C=Nc2ccc3[nH]ncc3c2)c1[O-]. The van der Waals surface area contributed by atoms with Crippen molar-refractivity contribution in [2.75, 3.05) is 7.11 Å². The van der Waals surface area contributed by atoms with Gasteiger partial charge in [-0.1, -0.05) is 5.75 Å². The summed E-state index contributed by atoms with van der Waals surface area (Å²) in [7, 11) is 1.29. The minimum absolute atomic E-state index is 0.0864. The van der Waals surface area contributed by atoms with E-state index >= 15 is 0 Å². The van der Waals surface area contributed by atoms with Crippen LogP contribution < -0.4 is 9.84 Å². The minimum Gasteiger partial charge on any atom is -0.870 e. The van der Waals surface area contributed by atoms with Crippen LogP contribution in [-0.4, -0.2) is 28.4 Å². The van der Waals surface area contributed by atoms with E-state index in [9.17, 15) is 15.2 Å². The monoisotopic (exact) mass is 311 g/mol. The second-order valence-corrected chi connectivity index (χ2v) is 4.72. The van der Waals surface area contributed by atoms with Gasteiger partial charge in [-0.15, -0.1) is 0 Å². The van der Waals surface area contributed by atoms with Crippen molar-refractivity contribution in [1.82, 2.24) is 10.2 Å². The predicted molar refractivity (Wildman–Crippen MR) is 82.4 cm³/mol. The molecule has 1 heterocycles. The first-order valence-electron chi connectivity index (χ1n) is 6.59. The van der Waals surface area contributed by atoms with Crippen LogP contribution in [0.2, 0.25) is 0 Å². The molecule has 0 radical (unpaired) electrons. The number of nitrogens with one attached hydrogen (secondary N) is 1. The lowest BCUT2D eigenvalue weighted by atomic mass is 10.1. The fraction of sp³-hybridized carbons (Fsp3) is 0.0667. The van der Waals surface area contributed by atoms with Crippen molar-refractivity contribution in [2.24, 2.45) is 4.99 Å². The number of hydrogen-bond acceptors (Lipinski definition) is 6. The van der Waals surface area contributed by atoms with Gasteiger partial charge in [-0.3, -0.25) is 20.2 Å². The van der Waals surface area contributed by atoms with Crippen LogP contribution in [0.5, 0.6) is 11.5 Å². The molecule has 116 valence electrons. The Morgan fingerprint density at radius 1 is 1.35 bits per heavy atom. The van der Waals surface area contributed by atoms with E-state index in [1.165, 1.54) is 19.4 Å². The zero-order chi connectivity index (χ0) is 16.4. The number of benzene rings is 2. The Labute approximate surface area is 130 Å². The first-order chi connectivity index (χ1) is 11.1. The molecule has 1 N–H and O–H groups in total. The number of H-pyrrole nitrogens is 1. The number of non-ortho nitro benzene ring substituents is 1. The zero-order valence-corrected chi connectivity index (χ0v) is 12.0. The number of aliphatic imine (C=N–C) groups is 1. The van der Waals surface area contributed by atoms with Crippen molar-refractivity contribution < 1.29 is 14.8 Å². The maximum Gasteiger partial charge on any atom is 0.273 e. The molecular weight excluding hydrogens is 300 g/mol. The van der Waals surface area contributed by atoms with Gasteiger partial charge >= 0.3 is 0 Å². The van der Waals surface area contributed by atoms with Gasteiger partial charge in [-0.2, -0.15) is 5.10 Å². The van der Waals surface area contributed by atoms with E-state index in [0.29, 0.717) is 5.69 Å². The lowest BCUT2D eigenvalue weighted by molar-refractivity contribution is -0.385. The number of aromatic amines is 1. The molecule has 0 atom stereocenters. The number of fused-ring (bicyclic) bond motifs is 1. The number of aromatic nitrogens is 2. The largest absolute Gasteiger partial charge is 0.870 e. The number of rotatable bonds is 4. The molecule has 0 fully saturated rings. The van der Waals surface area contributed by atoms with Crippen LogP contribution in [0, 0.1) is 10.1 Å². The highest BCUT2D eigenvalue weighted by molar-refractivity contribution is 5.89. The molecule has 3 aromatic rings. The van der Waals surface area contributed by atoms with Crippen LogP contribution in [0.3, 0.4) is 0 Å². The first-order valence-corrected chi connectivity index (χ1v) is 6.59. The Bertz CT molecular complexity index is 917. The Balaban J connectivity index is 2.00. The molecule has 8 heteroatoms. The van der Waals surface area contributed by atoms with Crippen molar-refractivity contribution in [3.63, 3.8) is 0 Å². The molecule has 2 aromatic carbocycles. The average molecular weight is 311 g/mol. The molecule has 0 bridgehead atoms. The summed E-state index contributed by atoms with van der Waals surface area (Å²) in [5, 5.41) is 30.6. The maximum atomic E-state index is 12.1. The normalized spacial score (nSPS) is 11.2. The van der Waals surface area contributed by atoms with Gasteiger partial charge in [0, 0.05) is 17.7 Å². The molecule has 0 aliphatic heterocycles. The second kappa shape index (κ2) is 5.76. The van der Waals surface area contributed by atoms with E-state index in [1.54, 1.807) is 24.4 Å². The lowest BCUT2D eigenvalue weighted by Crippen LogP contribution is -2.02. The van der Waals surface area contributed by atoms with Crippen molar-refractivity contribution in [3.8, 4) is 11.5 Å². The van der Waals surface area contributed by atoms with Crippen molar-refractivity contribution in [1.29, 1.82) is 0 Å². The summed E-state index contributed by atoms with van der Waals surface area (Å²) in [5.74, 6) is -0.544. The van der Waals surface area contributed by atoms with Crippen molar-refractivity contribution in [3.05, 3.63) is 52.2 Å². The third-order valence-corrected chi connectivity index (χ3v) is 3.28. The van der Waals surface area contributed by atoms with E-state index in [1.807, 2.05) is 0 Å². The molecule has 0 saturated heterocycles. The number of nitrogens with zero attached hydrogens (tertiary/aromatic N) is 3. The van der Waals surface area contributed by atoms with Gasteiger partial charge in [0.05, 0.1) is 35.5 Å². The van der Waals surface area contributed by atoms with Crippen molar-refractivity contribution >= 4 is 28.5 Å². The van der Waals surface area contributed by atoms with Gasteiger partial charge in [0.25, 0.3) is 5.69 Å². The second-order valence-electron chi connectivity index (χ2n) is 4.72. The third-order valence-electron chi connectivity index (χ3n) is 3.28. The molecule has 0 amide bonds. The number of hydrogen-bond donors (Lipinski definition) is 1. The topological polar surface area (TPSA) is 116 Å². The van der Waals surface area contributed by atoms with Crippen LogP contribution in [-0.2, 0) is 0 Å². The summed E-state index contributed by atoms with van der Waals surface area (Å²) < 4.78 is 4.88. The van der Waals surface area contributed by atoms with E-state index in [4.69, 9.17) is 4.74 Å². The highest BCUT2D eigenvalue weighted by Crippen LogP contribution is 2.31. The Morgan fingerprint density at radius 2 is 2.17 bits per heavy atom. The summed E-state index contributed by atoms with van der Waals surface area (Å²) in [6.45, 7) is 0. The smallest absolute Gasteiger partial charge is 0.273 e. The molecule has 8 nitrogen and oxygen atoms in total. The molecule has 1 aromatic heterocycles. The van der Waals surface area contributed by atoms with Gasteiger partial charge in [0.1, 0.15) is 5.75 Å². The third kappa shape index (κ3) is 2.82. The van der Waals surface area contributed by atoms with E-state index in [0.717, 1.165) is 17.0 Å². The standard InChI is InChI=1S/C15H12N4O4/c1-23-14-6-12(19(21)22)5-10(15(14)20)7-16-11-2-3-13-9(4-11)8-17-18-13/h2-8,20H,1H3,(H,17,18)/p-1. The summed E-state index contributed by atoms with van der Waals surface area (Å²) in [4.78, 5) is 14.5. The first kappa shape index (κ1) is 14.5. The highest BCUT2D eigenvalue weighted by Gasteiger charge is 2.11. The van der Waals surface area contributed by atoms with E-state index < -0.39 is 10.7 Å². The highest BCUT2D eigenvalue weighted by atomic mass is 16.6. The number of nitro benzene ring substituents is 1. The van der Waals surface area contributed by atoms with Crippen molar-refractivity contribution in [2.45, 2.75) is 0 Å². The molecule has 0 saturated carbocycles. The predicted octanol–water partition coefficient (Wildman–Crippen LogP) is 2.30. The van der Waals surface area contributed by atoms with Crippen LogP contribution in [0.1, 0.15) is 5.56 Å². The molecule has 0 aliphatic carbocycles. The lowest BCUT2D eigenvalue weighted by Gasteiger charge is -2.14. The molecule has 0 spiro atoms. The van der Waals surface area contributed by atoms with Crippen LogP contribution in [0.25, 0.3) is 10.9 Å². The summed E-state index contributed by atoms with van der Waals surface area (Å²) >= 11 is 0. The fourth-order valence-corrected chi connectivity index (χ4v) is 2.12. The average Bonchev–Trinajstić information content (AvgIpc) is 3.01. The molecule has 3 rings (SSSR count). The number of methoxy groups -OCH3 is 1. The quantitative estimate of drug-likeness (QED) is 0.451. The van der Waals surface area contributed by atoms with Crippen LogP contribution in [0.4, 0.5) is 11.4 Å². The van der Waals surface area contributed by atoms with Gasteiger partial charge in [-0.05, 0) is 23.8 Å². The molecule has 23 heavy (non-hydrogen) atoms. The fourth-order valence-electron chi connectivity index (χ4n) is 2.12. The molecular formula is C15H11N4O4-. The summed E-state index contributed by atoms with van der Waals surface area (Å²) in [6.07, 6.45) is 2.95. The minimum atomic E-state index is -0.586. The summed E-state index contributed by atoms with van der Waals surface area (Å²) in [5.41, 5.74) is 1.32. The Morgan fingerprint density at radius 3 is 2.91 bits per heavy atom. The summed E-state index contributed by atoms with van der Waals surface area (Å²) in [6, 6.07) is 7.60. The van der Waals surface area contributed by atoms with Crippen LogP contribution in [0.15, 0.2) is 41.5 Å². The molecule has 0 unspecified atom stereocenters. The van der Waals surface area contributed by atoms with E-state index in [2.05, 4.69) is 15.2 Å². The van der Waals surface area contributed by atoms with Gasteiger partial charge in [0.15, 0.2) is 0 Å². The zero-order valence-electron chi connectivity index (χ0n) is 12.0. The van der Waals surface area contributed by atoms with Gasteiger partial charge in [-0.25, -0.2) is 0 Å². The van der Waals surface area contributed by atoms with Crippen LogP contribution >= 0.6 is 0 Å². The number of nitro groups is 1. The maximum absolute atomic E-state index is 12.1. The molecule has 0 aliphatic rings. The Kier molecular flexibility index (Phi) is 3.63. The Hall–Kier alpha value is -3.42. The van der Waals surface area contributed by atoms with E-state index in [-0.39, 0.29) is 17.0 Å².